The third-order valence-corrected chi connectivity index (χ3v) is 4.80. The molecule has 2 aromatic carbocycles. The summed E-state index contributed by atoms with van der Waals surface area (Å²) in [6.45, 7) is 5.03. The van der Waals surface area contributed by atoms with Crippen LogP contribution < -0.4 is 14.8 Å². The molecular formula is C23H24ClN3O4. The number of carboxylic acids is 1. The molecule has 0 amide bonds. The number of nitrogens with zero attached hydrogens (tertiary/aromatic N) is 2. The first kappa shape index (κ1) is 22.4. The molecule has 3 aromatic rings. The monoisotopic (exact) mass is 441 g/mol. The van der Waals surface area contributed by atoms with E-state index in [2.05, 4.69) is 29.1 Å². The predicted molar refractivity (Wildman–Crippen MR) is 119 cm³/mol. The molecule has 8 heteroatoms. The van der Waals surface area contributed by atoms with E-state index < -0.39 is 5.97 Å². The lowest BCUT2D eigenvalue weighted by molar-refractivity contribution is 0.0692. The van der Waals surface area contributed by atoms with E-state index in [4.69, 9.17) is 21.1 Å². The number of benzene rings is 2. The quantitative estimate of drug-likeness (QED) is 0.426. The maximum atomic E-state index is 11.5. The molecule has 2 N–H and O–H groups in total. The van der Waals surface area contributed by atoms with Crippen LogP contribution in [-0.2, 0) is 6.61 Å². The van der Waals surface area contributed by atoms with Crippen molar-refractivity contribution in [2.24, 2.45) is 0 Å². The first-order valence-corrected chi connectivity index (χ1v) is 10.3. The highest BCUT2D eigenvalue weighted by Gasteiger charge is 2.15. The lowest BCUT2D eigenvalue weighted by atomic mass is 10.0. The third kappa shape index (κ3) is 6.08. The summed E-state index contributed by atoms with van der Waals surface area (Å²) in [7, 11) is 0. The molecule has 0 radical (unpaired) electrons. The van der Waals surface area contributed by atoms with Gasteiger partial charge in [0.15, 0.2) is 0 Å². The lowest BCUT2D eigenvalue weighted by Gasteiger charge is -2.14. The van der Waals surface area contributed by atoms with Crippen LogP contribution in [0.25, 0.3) is 0 Å². The summed E-state index contributed by atoms with van der Waals surface area (Å²) < 4.78 is 11.5. The predicted octanol–water partition coefficient (Wildman–Crippen LogP) is 5.02. The van der Waals surface area contributed by atoms with Gasteiger partial charge < -0.3 is 19.9 Å². The fraction of sp³-hybridized carbons (Fsp3) is 0.261. The van der Waals surface area contributed by atoms with Crippen molar-refractivity contribution in [3.05, 3.63) is 76.6 Å². The number of hydrogen-bond donors (Lipinski definition) is 2. The van der Waals surface area contributed by atoms with Gasteiger partial charge >= 0.3 is 5.97 Å². The van der Waals surface area contributed by atoms with Crippen LogP contribution in [0, 0.1) is 0 Å². The Bertz CT molecular complexity index is 1040. The Balaban J connectivity index is 1.62. The maximum absolute atomic E-state index is 11.5. The molecule has 1 aromatic heterocycles. The summed E-state index contributed by atoms with van der Waals surface area (Å²) >= 11 is 6.09. The molecule has 7 nitrogen and oxygen atoms in total. The number of aromatic nitrogens is 2. The first-order valence-electron chi connectivity index (χ1n) is 9.88. The second kappa shape index (κ2) is 10.6. The number of ether oxygens (including phenoxy) is 2. The summed E-state index contributed by atoms with van der Waals surface area (Å²) in [5, 5.41) is 12.9. The topological polar surface area (TPSA) is 93.6 Å². The SMILES string of the molecule is CC(C)c1ccccc1OCCNc1ncc(C(=O)O)c(COc2ccccc2Cl)n1. The van der Waals surface area contributed by atoms with E-state index in [1.165, 1.54) is 6.20 Å². The van der Waals surface area contributed by atoms with E-state index in [1.807, 2.05) is 24.3 Å². The average Bonchev–Trinajstić information content (AvgIpc) is 2.76. The van der Waals surface area contributed by atoms with Gasteiger partial charge in [0.1, 0.15) is 30.3 Å². The Morgan fingerprint density at radius 1 is 1.10 bits per heavy atom. The van der Waals surface area contributed by atoms with Gasteiger partial charge in [-0.2, -0.15) is 0 Å². The molecule has 0 bridgehead atoms. The summed E-state index contributed by atoms with van der Waals surface area (Å²) in [5.74, 6) is 0.819. The van der Waals surface area contributed by atoms with Gasteiger partial charge in [0, 0.05) is 6.20 Å². The minimum atomic E-state index is -1.13. The fourth-order valence-corrected chi connectivity index (χ4v) is 3.10. The number of carboxylic acid groups (broad SMARTS) is 1. The average molecular weight is 442 g/mol. The van der Waals surface area contributed by atoms with Crippen molar-refractivity contribution in [1.29, 1.82) is 0 Å². The summed E-state index contributed by atoms with van der Waals surface area (Å²) in [4.78, 5) is 19.9. The van der Waals surface area contributed by atoms with Crippen molar-refractivity contribution in [2.45, 2.75) is 26.4 Å². The van der Waals surface area contributed by atoms with Gasteiger partial charge in [-0.05, 0) is 29.7 Å². The molecule has 0 aliphatic rings. The zero-order valence-corrected chi connectivity index (χ0v) is 18.1. The van der Waals surface area contributed by atoms with E-state index in [9.17, 15) is 9.90 Å². The van der Waals surface area contributed by atoms with Crippen LogP contribution >= 0.6 is 11.6 Å². The molecule has 0 spiro atoms. The molecule has 0 aliphatic carbocycles. The minimum absolute atomic E-state index is 0.0280. The Morgan fingerprint density at radius 2 is 1.81 bits per heavy atom. The number of halogens is 1. The van der Waals surface area contributed by atoms with Crippen molar-refractivity contribution >= 4 is 23.5 Å². The van der Waals surface area contributed by atoms with Crippen LogP contribution in [0.5, 0.6) is 11.5 Å². The smallest absolute Gasteiger partial charge is 0.339 e. The van der Waals surface area contributed by atoms with Crippen LogP contribution in [0.4, 0.5) is 5.95 Å². The van der Waals surface area contributed by atoms with Crippen LogP contribution in [0.2, 0.25) is 5.02 Å². The van der Waals surface area contributed by atoms with Crippen molar-refractivity contribution in [3.8, 4) is 11.5 Å². The van der Waals surface area contributed by atoms with Crippen molar-refractivity contribution in [2.75, 3.05) is 18.5 Å². The molecular weight excluding hydrogens is 418 g/mol. The largest absolute Gasteiger partial charge is 0.491 e. The molecule has 0 saturated carbocycles. The third-order valence-electron chi connectivity index (χ3n) is 4.48. The van der Waals surface area contributed by atoms with E-state index >= 15 is 0 Å². The van der Waals surface area contributed by atoms with E-state index in [0.717, 1.165) is 11.3 Å². The summed E-state index contributed by atoms with van der Waals surface area (Å²) in [6.07, 6.45) is 1.26. The summed E-state index contributed by atoms with van der Waals surface area (Å²) in [6, 6.07) is 14.9. The summed E-state index contributed by atoms with van der Waals surface area (Å²) in [5.41, 5.74) is 1.36. The standard InChI is InChI=1S/C23H24ClN3O4/c1-15(2)16-7-3-5-9-20(16)30-12-11-25-23-26-13-17(22(28)29)19(27-23)14-31-21-10-6-4-8-18(21)24/h3-10,13,15H,11-12,14H2,1-2H3,(H,28,29)(H,25,26,27). The molecule has 0 aliphatic heterocycles. The number of carbonyl (C=O) groups is 1. The zero-order chi connectivity index (χ0) is 22.2. The first-order chi connectivity index (χ1) is 15.0. The van der Waals surface area contributed by atoms with E-state index in [1.54, 1.807) is 24.3 Å². The van der Waals surface area contributed by atoms with Crippen molar-refractivity contribution in [3.63, 3.8) is 0 Å². The molecule has 0 atom stereocenters. The molecule has 31 heavy (non-hydrogen) atoms. The molecule has 0 fully saturated rings. The second-order valence-electron chi connectivity index (χ2n) is 7.05. The normalized spacial score (nSPS) is 10.7. The number of hydrogen-bond acceptors (Lipinski definition) is 6. The highest BCUT2D eigenvalue weighted by atomic mass is 35.5. The Morgan fingerprint density at radius 3 is 2.52 bits per heavy atom. The van der Waals surface area contributed by atoms with Crippen molar-refractivity contribution < 1.29 is 19.4 Å². The number of anilines is 1. The molecule has 0 saturated heterocycles. The second-order valence-corrected chi connectivity index (χ2v) is 7.45. The molecule has 1 heterocycles. The van der Waals surface area contributed by atoms with Gasteiger partial charge in [-0.1, -0.05) is 55.8 Å². The minimum Gasteiger partial charge on any atom is -0.491 e. The number of aromatic carboxylic acids is 1. The number of para-hydroxylation sites is 2. The van der Waals surface area contributed by atoms with Gasteiger partial charge in [0.05, 0.1) is 17.3 Å². The number of nitrogens with one attached hydrogen (secondary N) is 1. The lowest BCUT2D eigenvalue weighted by Crippen LogP contribution is -2.16. The molecule has 0 unspecified atom stereocenters. The zero-order valence-electron chi connectivity index (χ0n) is 17.3. The van der Waals surface area contributed by atoms with E-state index in [-0.39, 0.29) is 17.9 Å². The Hall–Kier alpha value is -3.32. The van der Waals surface area contributed by atoms with Gasteiger partial charge in [0.2, 0.25) is 5.95 Å². The van der Waals surface area contributed by atoms with Gasteiger partial charge in [-0.15, -0.1) is 0 Å². The van der Waals surface area contributed by atoms with Crippen LogP contribution in [-0.4, -0.2) is 34.2 Å². The highest BCUT2D eigenvalue weighted by Crippen LogP contribution is 2.26. The number of rotatable bonds is 10. The molecule has 162 valence electrons. The van der Waals surface area contributed by atoms with E-state index in [0.29, 0.717) is 35.8 Å². The van der Waals surface area contributed by atoms with Crippen LogP contribution in [0.1, 0.15) is 41.4 Å². The highest BCUT2D eigenvalue weighted by molar-refractivity contribution is 6.32. The maximum Gasteiger partial charge on any atom is 0.339 e. The molecule has 3 rings (SSSR count). The van der Waals surface area contributed by atoms with Crippen LogP contribution in [0.15, 0.2) is 54.7 Å². The fourth-order valence-electron chi connectivity index (χ4n) is 2.91. The Kier molecular flexibility index (Phi) is 7.67. The van der Waals surface area contributed by atoms with Gasteiger partial charge in [-0.3, -0.25) is 0 Å². The van der Waals surface area contributed by atoms with Gasteiger partial charge in [0.25, 0.3) is 0 Å². The van der Waals surface area contributed by atoms with Gasteiger partial charge in [-0.25, -0.2) is 14.8 Å². The van der Waals surface area contributed by atoms with Crippen LogP contribution in [0.3, 0.4) is 0 Å². The Labute approximate surface area is 186 Å². The van der Waals surface area contributed by atoms with Crippen molar-refractivity contribution in [1.82, 2.24) is 9.97 Å².